The molecule has 0 bridgehead atoms. The lowest BCUT2D eigenvalue weighted by Crippen LogP contribution is -2.29. The second-order valence-electron chi connectivity index (χ2n) is 5.65. The molecule has 0 fully saturated rings. The minimum absolute atomic E-state index is 0.0128. The molecule has 2 aromatic heterocycles. The van der Waals surface area contributed by atoms with Crippen LogP contribution in [-0.2, 0) is 10.0 Å². The zero-order valence-electron chi connectivity index (χ0n) is 14.4. The van der Waals surface area contributed by atoms with E-state index in [0.717, 1.165) is 12.1 Å². The summed E-state index contributed by atoms with van der Waals surface area (Å²) in [7, 11) is -4.08. The SMILES string of the molecule is Cc1nc(NCCNS(=O)(=O)c2ccc(F)cc2F)cc(-n2cccc2)n1. The van der Waals surface area contributed by atoms with Gasteiger partial charge in [-0.15, -0.1) is 0 Å². The molecule has 3 rings (SSSR count). The van der Waals surface area contributed by atoms with Gasteiger partial charge >= 0.3 is 0 Å². The number of aromatic nitrogens is 3. The molecular formula is C17H17F2N5O2S. The van der Waals surface area contributed by atoms with Crippen molar-refractivity contribution in [3.8, 4) is 5.82 Å². The van der Waals surface area contributed by atoms with Crippen LogP contribution in [0.2, 0.25) is 0 Å². The van der Waals surface area contributed by atoms with Gasteiger partial charge in [0.25, 0.3) is 0 Å². The molecule has 0 aliphatic carbocycles. The summed E-state index contributed by atoms with van der Waals surface area (Å²) in [4.78, 5) is 7.97. The maximum Gasteiger partial charge on any atom is 0.243 e. The number of aryl methyl sites for hydroxylation is 1. The van der Waals surface area contributed by atoms with Crippen LogP contribution in [0.15, 0.2) is 53.7 Å². The molecule has 0 saturated carbocycles. The molecular weight excluding hydrogens is 376 g/mol. The third kappa shape index (κ3) is 4.66. The fourth-order valence-electron chi connectivity index (χ4n) is 2.41. The molecule has 1 aromatic carbocycles. The average molecular weight is 393 g/mol. The van der Waals surface area contributed by atoms with E-state index < -0.39 is 26.6 Å². The molecule has 27 heavy (non-hydrogen) atoms. The Kier molecular flexibility index (Phi) is 5.47. The molecule has 3 aromatic rings. The highest BCUT2D eigenvalue weighted by molar-refractivity contribution is 7.89. The summed E-state index contributed by atoms with van der Waals surface area (Å²) in [6, 6.07) is 7.77. The first kappa shape index (κ1) is 18.9. The molecule has 7 nitrogen and oxygen atoms in total. The molecule has 0 amide bonds. The number of rotatable bonds is 7. The molecule has 10 heteroatoms. The van der Waals surface area contributed by atoms with Crippen molar-refractivity contribution < 1.29 is 17.2 Å². The maximum absolute atomic E-state index is 13.6. The Morgan fingerprint density at radius 3 is 2.52 bits per heavy atom. The topological polar surface area (TPSA) is 88.9 Å². The van der Waals surface area contributed by atoms with E-state index in [4.69, 9.17) is 0 Å². The van der Waals surface area contributed by atoms with E-state index in [-0.39, 0.29) is 13.1 Å². The summed E-state index contributed by atoms with van der Waals surface area (Å²) in [5.74, 6) is -0.232. The van der Waals surface area contributed by atoms with E-state index in [1.165, 1.54) is 0 Å². The van der Waals surface area contributed by atoms with Gasteiger partial charge in [-0.3, -0.25) is 0 Å². The number of anilines is 1. The minimum Gasteiger partial charge on any atom is -0.369 e. The summed E-state index contributed by atoms with van der Waals surface area (Å²) in [5.41, 5.74) is 0. The number of hydrogen-bond donors (Lipinski definition) is 2. The molecule has 2 heterocycles. The van der Waals surface area contributed by atoms with E-state index in [2.05, 4.69) is 20.0 Å². The Hall–Kier alpha value is -2.85. The van der Waals surface area contributed by atoms with Crippen molar-refractivity contribution in [3.63, 3.8) is 0 Å². The molecule has 0 saturated heterocycles. The first-order chi connectivity index (χ1) is 12.8. The van der Waals surface area contributed by atoms with Crippen LogP contribution in [0.3, 0.4) is 0 Å². The first-order valence-electron chi connectivity index (χ1n) is 8.03. The second kappa shape index (κ2) is 7.80. The molecule has 0 spiro atoms. The molecule has 0 aliphatic heterocycles. The molecule has 0 aliphatic rings. The number of nitrogens with zero attached hydrogens (tertiary/aromatic N) is 3. The average Bonchev–Trinajstić information content (AvgIpc) is 3.12. The Balaban J connectivity index is 1.62. The lowest BCUT2D eigenvalue weighted by Gasteiger charge is -2.11. The van der Waals surface area contributed by atoms with Gasteiger partial charge in [0.05, 0.1) is 0 Å². The highest BCUT2D eigenvalue weighted by Crippen LogP contribution is 2.15. The van der Waals surface area contributed by atoms with Crippen LogP contribution >= 0.6 is 0 Å². The Bertz CT molecular complexity index is 1040. The van der Waals surface area contributed by atoms with Gasteiger partial charge in [0.1, 0.15) is 34.0 Å². The van der Waals surface area contributed by atoms with Gasteiger partial charge in [-0.05, 0) is 31.2 Å². The Morgan fingerprint density at radius 2 is 1.81 bits per heavy atom. The van der Waals surface area contributed by atoms with Crippen LogP contribution in [0, 0.1) is 18.6 Å². The van der Waals surface area contributed by atoms with Gasteiger partial charge in [-0.2, -0.15) is 0 Å². The highest BCUT2D eigenvalue weighted by Gasteiger charge is 2.18. The van der Waals surface area contributed by atoms with Gasteiger partial charge in [0.15, 0.2) is 0 Å². The third-order valence-corrected chi connectivity index (χ3v) is 5.09. The van der Waals surface area contributed by atoms with Crippen molar-refractivity contribution in [3.05, 3.63) is 66.3 Å². The maximum atomic E-state index is 13.6. The van der Waals surface area contributed by atoms with E-state index in [1.54, 1.807) is 13.0 Å². The number of benzene rings is 1. The van der Waals surface area contributed by atoms with Crippen molar-refractivity contribution >= 4 is 15.8 Å². The summed E-state index contributed by atoms with van der Waals surface area (Å²) >= 11 is 0. The zero-order chi connectivity index (χ0) is 19.4. The zero-order valence-corrected chi connectivity index (χ0v) is 15.2. The fourth-order valence-corrected chi connectivity index (χ4v) is 3.50. The molecule has 142 valence electrons. The smallest absolute Gasteiger partial charge is 0.243 e. The van der Waals surface area contributed by atoms with Crippen LogP contribution < -0.4 is 10.0 Å². The Labute approximate surface area is 155 Å². The Morgan fingerprint density at radius 1 is 1.07 bits per heavy atom. The second-order valence-corrected chi connectivity index (χ2v) is 7.38. The molecule has 0 atom stereocenters. The van der Waals surface area contributed by atoms with Crippen LogP contribution in [0.4, 0.5) is 14.6 Å². The minimum atomic E-state index is -4.08. The third-order valence-electron chi connectivity index (χ3n) is 3.60. The van der Waals surface area contributed by atoms with E-state index in [1.807, 2.05) is 29.1 Å². The number of sulfonamides is 1. The van der Waals surface area contributed by atoms with E-state index >= 15 is 0 Å². The van der Waals surface area contributed by atoms with Gasteiger partial charge in [0.2, 0.25) is 10.0 Å². The summed E-state index contributed by atoms with van der Waals surface area (Å²) in [6.45, 7) is 1.95. The summed E-state index contributed by atoms with van der Waals surface area (Å²) in [6.07, 6.45) is 3.69. The predicted octanol–water partition coefficient (Wildman–Crippen LogP) is 2.24. The van der Waals surface area contributed by atoms with Crippen molar-refractivity contribution in [2.45, 2.75) is 11.8 Å². The predicted molar refractivity (Wildman–Crippen MR) is 96.1 cm³/mol. The highest BCUT2D eigenvalue weighted by atomic mass is 32.2. The van der Waals surface area contributed by atoms with Crippen molar-refractivity contribution in [1.82, 2.24) is 19.3 Å². The first-order valence-corrected chi connectivity index (χ1v) is 9.51. The van der Waals surface area contributed by atoms with E-state index in [9.17, 15) is 17.2 Å². The van der Waals surface area contributed by atoms with Crippen LogP contribution in [0.25, 0.3) is 5.82 Å². The van der Waals surface area contributed by atoms with Crippen LogP contribution in [-0.4, -0.2) is 36.0 Å². The molecule has 2 N–H and O–H groups in total. The summed E-state index contributed by atoms with van der Waals surface area (Å²) in [5, 5.41) is 2.99. The van der Waals surface area contributed by atoms with Crippen molar-refractivity contribution in [1.29, 1.82) is 0 Å². The van der Waals surface area contributed by atoms with Gasteiger partial charge in [-0.1, -0.05) is 0 Å². The van der Waals surface area contributed by atoms with Crippen molar-refractivity contribution in [2.75, 3.05) is 18.4 Å². The molecule has 0 unspecified atom stereocenters. The standard InChI is InChI=1S/C17H17F2N5O2S/c1-12-22-16(11-17(23-12)24-8-2-3-9-24)20-6-7-21-27(25,26)15-5-4-13(18)10-14(15)19/h2-5,8-11,21H,6-7H2,1H3,(H,20,22,23). The largest absolute Gasteiger partial charge is 0.369 e. The quantitative estimate of drug-likeness (QED) is 0.601. The molecule has 0 radical (unpaired) electrons. The van der Waals surface area contributed by atoms with Crippen molar-refractivity contribution in [2.24, 2.45) is 0 Å². The van der Waals surface area contributed by atoms with Gasteiger partial charge in [0, 0.05) is 37.6 Å². The number of hydrogen-bond acceptors (Lipinski definition) is 5. The van der Waals surface area contributed by atoms with Gasteiger partial charge < -0.3 is 9.88 Å². The van der Waals surface area contributed by atoms with E-state index in [0.29, 0.717) is 23.5 Å². The fraction of sp³-hybridized carbons (Fsp3) is 0.176. The summed E-state index contributed by atoms with van der Waals surface area (Å²) < 4.78 is 54.9. The monoisotopic (exact) mass is 393 g/mol. The number of nitrogens with one attached hydrogen (secondary N) is 2. The van der Waals surface area contributed by atoms with Crippen LogP contribution in [0.5, 0.6) is 0 Å². The van der Waals surface area contributed by atoms with Crippen LogP contribution in [0.1, 0.15) is 5.82 Å². The lowest BCUT2D eigenvalue weighted by atomic mass is 10.3. The normalized spacial score (nSPS) is 11.5. The lowest BCUT2D eigenvalue weighted by molar-refractivity contribution is 0.543. The van der Waals surface area contributed by atoms with Gasteiger partial charge in [-0.25, -0.2) is 31.9 Å². The number of halogens is 2.